The van der Waals surface area contributed by atoms with E-state index in [4.69, 9.17) is 15.2 Å². The predicted octanol–water partition coefficient (Wildman–Crippen LogP) is 5.24. The second-order valence-electron chi connectivity index (χ2n) is 11.9. The Morgan fingerprint density at radius 1 is 1.02 bits per heavy atom. The van der Waals surface area contributed by atoms with Crippen molar-refractivity contribution in [2.75, 3.05) is 19.8 Å². The highest BCUT2D eigenvalue weighted by Crippen LogP contribution is 2.42. The Morgan fingerprint density at radius 3 is 2.24 bits per heavy atom. The molecule has 0 aliphatic carbocycles. The summed E-state index contributed by atoms with van der Waals surface area (Å²) >= 11 is 0. The number of benzene rings is 2. The van der Waals surface area contributed by atoms with Crippen LogP contribution in [0.25, 0.3) is 11.1 Å². The minimum Gasteiger partial charge on any atom is -0.438 e. The van der Waals surface area contributed by atoms with E-state index in [1.165, 1.54) is 0 Å². The van der Waals surface area contributed by atoms with Gasteiger partial charge in [0, 0.05) is 44.4 Å². The lowest BCUT2D eigenvalue weighted by Crippen LogP contribution is -2.51. The van der Waals surface area contributed by atoms with Gasteiger partial charge in [-0.3, -0.25) is 9.78 Å². The van der Waals surface area contributed by atoms with Crippen molar-refractivity contribution in [3.63, 3.8) is 0 Å². The van der Waals surface area contributed by atoms with E-state index in [-0.39, 0.29) is 11.9 Å². The molecule has 8 heteroatoms. The Bertz CT molecular complexity index is 1360. The quantitative estimate of drug-likeness (QED) is 0.391. The summed E-state index contributed by atoms with van der Waals surface area (Å²) in [7, 11) is 0. The molecule has 0 saturated carbocycles. The molecule has 1 aromatic heterocycles. The fraction of sp³-hybridized carbons (Fsp3) is 0.424. The minimum absolute atomic E-state index is 0.197. The van der Waals surface area contributed by atoms with E-state index >= 15 is 0 Å². The van der Waals surface area contributed by atoms with Crippen molar-refractivity contribution in [3.8, 4) is 11.1 Å². The maximum atomic E-state index is 13.4. The third-order valence-corrected chi connectivity index (χ3v) is 8.56. The van der Waals surface area contributed by atoms with Crippen LogP contribution in [0, 0.1) is 0 Å². The highest BCUT2D eigenvalue weighted by Gasteiger charge is 2.46. The summed E-state index contributed by atoms with van der Waals surface area (Å²) in [5.74, 6) is -0.364. The van der Waals surface area contributed by atoms with Crippen molar-refractivity contribution >= 4 is 12.0 Å². The summed E-state index contributed by atoms with van der Waals surface area (Å²) in [4.78, 5) is 32.1. The molecular formula is C33H39N3O5. The van der Waals surface area contributed by atoms with Gasteiger partial charge in [-0.2, -0.15) is 0 Å². The lowest BCUT2D eigenvalue weighted by atomic mass is 9.76. The van der Waals surface area contributed by atoms with E-state index in [0.29, 0.717) is 51.1 Å². The molecular weight excluding hydrogens is 518 g/mol. The van der Waals surface area contributed by atoms with Crippen LogP contribution in [0.4, 0.5) is 4.79 Å². The van der Waals surface area contributed by atoms with Crippen LogP contribution in [-0.2, 0) is 25.3 Å². The molecule has 3 heterocycles. The topological polar surface area (TPSA) is 115 Å². The lowest BCUT2D eigenvalue weighted by molar-refractivity contribution is -0.127. The molecule has 2 atom stereocenters. The fourth-order valence-corrected chi connectivity index (χ4v) is 6.22. The number of pyridine rings is 1. The summed E-state index contributed by atoms with van der Waals surface area (Å²) in [5, 5.41) is 10.6. The number of hydrogen-bond acceptors (Lipinski definition) is 6. The van der Waals surface area contributed by atoms with Crippen LogP contribution in [-0.4, -0.2) is 52.4 Å². The molecule has 8 nitrogen and oxygen atoms in total. The number of ether oxygens (including phenoxy) is 2. The first-order chi connectivity index (χ1) is 19.5. The summed E-state index contributed by atoms with van der Waals surface area (Å²) < 4.78 is 11.6. The van der Waals surface area contributed by atoms with Crippen molar-refractivity contribution in [1.82, 2.24) is 9.88 Å². The Kier molecular flexibility index (Phi) is 7.90. The van der Waals surface area contributed by atoms with Crippen LogP contribution in [0.5, 0.6) is 0 Å². The monoisotopic (exact) mass is 557 g/mol. The normalized spacial score (nSPS) is 21.7. The van der Waals surface area contributed by atoms with Gasteiger partial charge in [-0.05, 0) is 56.4 Å². The van der Waals surface area contributed by atoms with E-state index in [2.05, 4.69) is 4.98 Å². The number of cyclic esters (lactones) is 1. The molecule has 41 heavy (non-hydrogen) atoms. The van der Waals surface area contributed by atoms with E-state index < -0.39 is 22.7 Å². The Hall–Kier alpha value is -3.75. The fourth-order valence-electron chi connectivity index (χ4n) is 6.22. The molecule has 2 aliphatic rings. The molecule has 2 aromatic carbocycles. The van der Waals surface area contributed by atoms with Gasteiger partial charge >= 0.3 is 6.09 Å². The summed E-state index contributed by atoms with van der Waals surface area (Å²) in [5.41, 5.74) is 7.59. The third kappa shape index (κ3) is 5.85. The average Bonchev–Trinajstić information content (AvgIpc) is 2.97. The van der Waals surface area contributed by atoms with Crippen LogP contribution in [0.15, 0.2) is 72.9 Å². The van der Waals surface area contributed by atoms with Gasteiger partial charge in [0.25, 0.3) is 0 Å². The molecule has 3 N–H and O–H groups in total. The number of amides is 2. The van der Waals surface area contributed by atoms with Crippen molar-refractivity contribution in [1.29, 1.82) is 0 Å². The van der Waals surface area contributed by atoms with E-state index in [1.54, 1.807) is 24.9 Å². The zero-order chi connectivity index (χ0) is 29.3. The molecule has 2 fully saturated rings. The van der Waals surface area contributed by atoms with Gasteiger partial charge in [-0.1, -0.05) is 60.7 Å². The van der Waals surface area contributed by atoms with Crippen LogP contribution in [0.1, 0.15) is 69.3 Å². The van der Waals surface area contributed by atoms with Crippen LogP contribution in [0.2, 0.25) is 0 Å². The average molecular weight is 558 g/mol. The van der Waals surface area contributed by atoms with Gasteiger partial charge in [-0.15, -0.1) is 0 Å². The predicted molar refractivity (Wildman–Crippen MR) is 156 cm³/mol. The molecule has 216 valence electrons. The van der Waals surface area contributed by atoms with Crippen molar-refractivity contribution in [2.45, 2.75) is 69.1 Å². The van der Waals surface area contributed by atoms with E-state index in [9.17, 15) is 14.7 Å². The number of nitrogens with zero attached hydrogens (tertiary/aromatic N) is 2. The third-order valence-electron chi connectivity index (χ3n) is 8.56. The number of carbonyl (C=O) groups excluding carboxylic acids is 2. The Labute approximate surface area is 241 Å². The van der Waals surface area contributed by atoms with E-state index in [1.807, 2.05) is 73.7 Å². The summed E-state index contributed by atoms with van der Waals surface area (Å²) in [6, 6.07) is 21.4. The van der Waals surface area contributed by atoms with Gasteiger partial charge in [0.05, 0.1) is 22.8 Å². The molecule has 2 amide bonds. The summed E-state index contributed by atoms with van der Waals surface area (Å²) in [6.07, 6.45) is 3.34. The molecule has 0 unspecified atom stereocenters. The highest BCUT2D eigenvalue weighted by molar-refractivity contribution is 5.86. The second-order valence-corrected chi connectivity index (χ2v) is 11.9. The molecule has 5 rings (SSSR count). The molecule has 0 spiro atoms. The first-order valence-electron chi connectivity index (χ1n) is 14.3. The Morgan fingerprint density at radius 2 is 1.68 bits per heavy atom. The first kappa shape index (κ1) is 28.8. The SMILES string of the molecule is C[C@@H](c1ccc(-c2ccc(C3(C(N)=O)CCOCC3)nc2)cc1)N1CC[C@](CC(C)(C)O)(c2ccccc2)OC1=O. The molecule has 2 saturated heterocycles. The maximum Gasteiger partial charge on any atom is 0.411 e. The molecule has 0 bridgehead atoms. The number of hydrogen-bond donors (Lipinski definition) is 2. The zero-order valence-corrected chi connectivity index (χ0v) is 24.0. The smallest absolute Gasteiger partial charge is 0.411 e. The largest absolute Gasteiger partial charge is 0.438 e. The number of aliphatic hydroxyl groups is 1. The summed E-state index contributed by atoms with van der Waals surface area (Å²) in [6.45, 7) is 6.96. The van der Waals surface area contributed by atoms with Crippen molar-refractivity contribution in [2.24, 2.45) is 5.73 Å². The van der Waals surface area contributed by atoms with E-state index in [0.717, 1.165) is 22.3 Å². The number of rotatable bonds is 8. The standard InChI is InChI=1S/C33H39N3O5/c1-23(36-18-15-33(41-30(36)38,22-31(2,3)39)27-7-5-4-6-8-27)24-9-11-25(12-10-24)26-13-14-28(35-21-26)32(29(34)37)16-19-40-20-17-32/h4-14,21,23,39H,15-20,22H2,1-3H3,(H2,34,37)/t23-,33-/m0/s1. The van der Waals surface area contributed by atoms with Gasteiger partial charge in [0.2, 0.25) is 5.91 Å². The van der Waals surface area contributed by atoms with Gasteiger partial charge in [0.1, 0.15) is 5.60 Å². The number of nitrogens with two attached hydrogens (primary N) is 1. The molecule has 3 aromatic rings. The van der Waals surface area contributed by atoms with Gasteiger partial charge < -0.3 is 25.2 Å². The van der Waals surface area contributed by atoms with Crippen LogP contribution >= 0.6 is 0 Å². The molecule has 2 aliphatic heterocycles. The zero-order valence-electron chi connectivity index (χ0n) is 24.0. The lowest BCUT2D eigenvalue weighted by Gasteiger charge is -2.45. The van der Waals surface area contributed by atoms with Gasteiger partial charge in [-0.25, -0.2) is 4.79 Å². The van der Waals surface area contributed by atoms with Crippen LogP contribution in [0.3, 0.4) is 0 Å². The van der Waals surface area contributed by atoms with Crippen molar-refractivity contribution in [3.05, 3.63) is 89.7 Å². The number of primary amides is 1. The Balaban J connectivity index is 1.30. The first-order valence-corrected chi connectivity index (χ1v) is 14.3. The number of aromatic nitrogens is 1. The van der Waals surface area contributed by atoms with Gasteiger partial charge in [0.15, 0.2) is 0 Å². The highest BCUT2D eigenvalue weighted by atomic mass is 16.6. The minimum atomic E-state index is -1.00. The second kappa shape index (κ2) is 11.3. The maximum absolute atomic E-state index is 13.4. The van der Waals surface area contributed by atoms with Crippen LogP contribution < -0.4 is 5.73 Å². The van der Waals surface area contributed by atoms with Crippen molar-refractivity contribution < 1.29 is 24.2 Å². The number of carbonyl (C=O) groups is 2. The molecule has 0 radical (unpaired) electrons.